The predicted octanol–water partition coefficient (Wildman–Crippen LogP) is 4.03. The number of carbonyl (C=O) groups is 2. The molecule has 0 bridgehead atoms. The Morgan fingerprint density at radius 3 is 2.72 bits per heavy atom. The molecule has 6 heteroatoms. The summed E-state index contributed by atoms with van der Waals surface area (Å²) in [7, 11) is 2.94. The van der Waals surface area contributed by atoms with Gasteiger partial charge in [-0.25, -0.2) is 9.18 Å². The van der Waals surface area contributed by atoms with Crippen LogP contribution in [-0.2, 0) is 11.2 Å². The summed E-state index contributed by atoms with van der Waals surface area (Å²) in [5.41, 5.74) is 2.24. The van der Waals surface area contributed by atoms with Gasteiger partial charge in [0.05, 0.1) is 29.3 Å². The Kier molecular flexibility index (Phi) is 4.77. The number of hydrogen-bond acceptors (Lipinski definition) is 3. The third kappa shape index (κ3) is 3.12. The van der Waals surface area contributed by atoms with Gasteiger partial charge in [-0.15, -0.1) is 0 Å². The first-order chi connectivity index (χ1) is 11.9. The monoisotopic (exact) mass is 361 g/mol. The van der Waals surface area contributed by atoms with Crippen LogP contribution in [0.2, 0.25) is 5.02 Å². The smallest absolute Gasteiger partial charge is 0.337 e. The highest BCUT2D eigenvalue weighted by Crippen LogP contribution is 2.37. The Hall–Kier alpha value is -2.40. The summed E-state index contributed by atoms with van der Waals surface area (Å²) in [4.78, 5) is 26.0. The molecule has 1 atom stereocenters. The zero-order valence-electron chi connectivity index (χ0n) is 13.9. The maximum absolute atomic E-state index is 14.1. The number of nitrogens with zero attached hydrogens (tertiary/aromatic N) is 1. The normalized spacial score (nSPS) is 15.6. The number of amides is 1. The van der Waals surface area contributed by atoms with Crippen molar-refractivity contribution in [3.63, 3.8) is 0 Å². The third-order valence-electron chi connectivity index (χ3n) is 4.58. The van der Waals surface area contributed by atoms with Crippen molar-refractivity contribution in [2.75, 3.05) is 14.2 Å². The van der Waals surface area contributed by atoms with Gasteiger partial charge in [0.15, 0.2) is 0 Å². The van der Waals surface area contributed by atoms with E-state index in [0.29, 0.717) is 12.0 Å². The lowest BCUT2D eigenvalue weighted by molar-refractivity contribution is 0.0600. The van der Waals surface area contributed by atoms with E-state index in [2.05, 4.69) is 0 Å². The van der Waals surface area contributed by atoms with Crippen LogP contribution < -0.4 is 0 Å². The van der Waals surface area contributed by atoms with Gasteiger partial charge in [0.2, 0.25) is 0 Å². The number of rotatable bonds is 3. The minimum absolute atomic E-state index is 0.0818. The van der Waals surface area contributed by atoms with Crippen LogP contribution in [-0.4, -0.2) is 30.9 Å². The molecule has 0 fully saturated rings. The summed E-state index contributed by atoms with van der Waals surface area (Å²) in [6.45, 7) is 0. The first-order valence-corrected chi connectivity index (χ1v) is 8.24. The van der Waals surface area contributed by atoms with E-state index in [0.717, 1.165) is 17.5 Å². The molecule has 25 heavy (non-hydrogen) atoms. The van der Waals surface area contributed by atoms with E-state index in [1.807, 2.05) is 6.07 Å². The van der Waals surface area contributed by atoms with Crippen LogP contribution in [0, 0.1) is 5.82 Å². The van der Waals surface area contributed by atoms with Crippen molar-refractivity contribution < 1.29 is 18.7 Å². The maximum Gasteiger partial charge on any atom is 0.337 e. The Balaban J connectivity index is 1.94. The fraction of sp³-hybridized carbons (Fsp3) is 0.263. The van der Waals surface area contributed by atoms with Crippen molar-refractivity contribution in [3.05, 3.63) is 69.5 Å². The highest BCUT2D eigenvalue weighted by atomic mass is 35.5. The number of aryl methyl sites for hydroxylation is 1. The fourth-order valence-electron chi connectivity index (χ4n) is 3.25. The Morgan fingerprint density at radius 2 is 2.04 bits per heavy atom. The molecule has 1 amide bonds. The molecule has 4 nitrogen and oxygen atoms in total. The second-order valence-electron chi connectivity index (χ2n) is 5.97. The number of halogens is 2. The van der Waals surface area contributed by atoms with Crippen LogP contribution in [0.3, 0.4) is 0 Å². The average molecular weight is 362 g/mol. The van der Waals surface area contributed by atoms with Crippen LogP contribution in [0.15, 0.2) is 36.4 Å². The van der Waals surface area contributed by atoms with Gasteiger partial charge in [0.1, 0.15) is 5.82 Å². The molecule has 0 radical (unpaired) electrons. The number of benzene rings is 2. The molecule has 2 aromatic rings. The zero-order valence-corrected chi connectivity index (χ0v) is 14.6. The van der Waals surface area contributed by atoms with E-state index >= 15 is 0 Å². The van der Waals surface area contributed by atoms with Crippen molar-refractivity contribution in [1.29, 1.82) is 0 Å². The van der Waals surface area contributed by atoms with Crippen molar-refractivity contribution >= 4 is 23.5 Å². The largest absolute Gasteiger partial charge is 0.465 e. The van der Waals surface area contributed by atoms with Crippen molar-refractivity contribution in [2.24, 2.45) is 0 Å². The second-order valence-corrected chi connectivity index (χ2v) is 6.38. The van der Waals surface area contributed by atoms with Gasteiger partial charge in [-0.1, -0.05) is 23.7 Å². The number of methoxy groups -OCH3 is 1. The molecule has 0 N–H and O–H groups in total. The van der Waals surface area contributed by atoms with Gasteiger partial charge < -0.3 is 9.64 Å². The summed E-state index contributed by atoms with van der Waals surface area (Å²) in [5.74, 6) is -1.56. The second kappa shape index (κ2) is 6.84. The van der Waals surface area contributed by atoms with Crippen molar-refractivity contribution in [3.8, 4) is 0 Å². The molecule has 0 aromatic heterocycles. The molecule has 130 valence electrons. The molecule has 1 aliphatic carbocycles. The van der Waals surface area contributed by atoms with Gasteiger partial charge in [0.25, 0.3) is 5.91 Å². The van der Waals surface area contributed by atoms with Crippen LogP contribution in [0.5, 0.6) is 0 Å². The number of esters is 1. The van der Waals surface area contributed by atoms with Crippen molar-refractivity contribution in [2.45, 2.75) is 18.9 Å². The molecule has 0 spiro atoms. The predicted molar refractivity (Wildman–Crippen MR) is 92.3 cm³/mol. The number of hydrogen-bond donors (Lipinski definition) is 0. The third-order valence-corrected chi connectivity index (χ3v) is 4.89. The van der Waals surface area contributed by atoms with E-state index in [1.54, 1.807) is 19.2 Å². The number of fused-ring (bicyclic) bond motifs is 1. The van der Waals surface area contributed by atoms with Crippen LogP contribution in [0.25, 0.3) is 0 Å². The lowest BCUT2D eigenvalue weighted by Gasteiger charge is -2.26. The zero-order chi connectivity index (χ0) is 18.1. The maximum atomic E-state index is 14.1. The SMILES string of the molecule is COC(=O)c1ccc2c(c1)[C@H](N(C)C(=O)c1c(F)cccc1Cl)CC2. The van der Waals surface area contributed by atoms with E-state index in [-0.39, 0.29) is 16.6 Å². The molecule has 2 aromatic carbocycles. The van der Waals surface area contributed by atoms with E-state index in [1.165, 1.54) is 30.2 Å². The van der Waals surface area contributed by atoms with Crippen LogP contribution in [0.1, 0.15) is 44.3 Å². The van der Waals surface area contributed by atoms with E-state index in [4.69, 9.17) is 16.3 Å². The molecule has 0 aliphatic heterocycles. The molecule has 3 rings (SSSR count). The topological polar surface area (TPSA) is 46.6 Å². The summed E-state index contributed by atoms with van der Waals surface area (Å²) < 4.78 is 18.8. The Morgan fingerprint density at radius 1 is 1.28 bits per heavy atom. The highest BCUT2D eigenvalue weighted by Gasteiger charge is 2.31. The van der Waals surface area contributed by atoms with E-state index < -0.39 is 17.7 Å². The lowest BCUT2D eigenvalue weighted by atomic mass is 10.0. The fourth-order valence-corrected chi connectivity index (χ4v) is 3.49. The number of carbonyl (C=O) groups excluding carboxylic acids is 2. The van der Waals surface area contributed by atoms with Crippen LogP contribution >= 0.6 is 11.6 Å². The molecular weight excluding hydrogens is 345 g/mol. The molecule has 0 heterocycles. The van der Waals surface area contributed by atoms with Gasteiger partial charge in [0, 0.05) is 7.05 Å². The van der Waals surface area contributed by atoms with Crippen molar-refractivity contribution in [1.82, 2.24) is 4.90 Å². The first-order valence-electron chi connectivity index (χ1n) is 7.86. The molecule has 1 aliphatic rings. The highest BCUT2D eigenvalue weighted by molar-refractivity contribution is 6.33. The lowest BCUT2D eigenvalue weighted by Crippen LogP contribution is -2.31. The molecule has 0 saturated heterocycles. The van der Waals surface area contributed by atoms with Gasteiger partial charge in [-0.2, -0.15) is 0 Å². The first kappa shape index (κ1) is 17.4. The summed E-state index contributed by atoms with van der Waals surface area (Å²) in [6.07, 6.45) is 1.48. The minimum Gasteiger partial charge on any atom is -0.465 e. The van der Waals surface area contributed by atoms with Gasteiger partial charge in [-0.05, 0) is 48.2 Å². The van der Waals surface area contributed by atoms with Crippen LogP contribution in [0.4, 0.5) is 4.39 Å². The average Bonchev–Trinajstić information content (AvgIpc) is 3.03. The standard InChI is InChI=1S/C19H17ClFNO3/c1-22(18(23)17-14(20)4-3-5-15(17)21)16-9-8-11-6-7-12(10-13(11)16)19(24)25-2/h3-7,10,16H,8-9H2,1-2H3/t16-/m1/s1. The molecule has 0 saturated carbocycles. The summed E-state index contributed by atoms with van der Waals surface area (Å²) >= 11 is 6.01. The number of ether oxygens (including phenoxy) is 1. The molecule has 0 unspecified atom stereocenters. The summed E-state index contributed by atoms with van der Waals surface area (Å²) in [6, 6.07) is 9.24. The van der Waals surface area contributed by atoms with E-state index in [9.17, 15) is 14.0 Å². The minimum atomic E-state index is -0.647. The summed E-state index contributed by atoms with van der Waals surface area (Å²) in [5, 5.41) is 0.0818. The van der Waals surface area contributed by atoms with Gasteiger partial charge >= 0.3 is 5.97 Å². The van der Waals surface area contributed by atoms with Gasteiger partial charge in [-0.3, -0.25) is 4.79 Å². The Bertz CT molecular complexity index is 832. The quantitative estimate of drug-likeness (QED) is 0.775. The Labute approximate surface area is 150 Å². The molecular formula is C19H17ClFNO3.